The van der Waals surface area contributed by atoms with Crippen LogP contribution in [0.3, 0.4) is 0 Å². The average molecular weight is 574 g/mol. The highest BCUT2D eigenvalue weighted by Crippen LogP contribution is 2.24. The fourth-order valence-electron chi connectivity index (χ4n) is 2.27. The second-order valence-corrected chi connectivity index (χ2v) is 9.99. The third kappa shape index (κ3) is 21.5. The van der Waals surface area contributed by atoms with Gasteiger partial charge in [-0.05, 0) is 57.1 Å². The molecule has 0 heterocycles. The van der Waals surface area contributed by atoms with E-state index >= 15 is 0 Å². The molecule has 0 aliphatic carbocycles. The largest absolute Gasteiger partial charge is 0.523 e. The van der Waals surface area contributed by atoms with E-state index in [-0.39, 0.29) is 6.61 Å². The second kappa shape index (κ2) is 20.3. The third-order valence-corrected chi connectivity index (χ3v) is 5.35. The molecule has 0 bridgehead atoms. The van der Waals surface area contributed by atoms with Crippen molar-refractivity contribution in [3.8, 4) is 5.75 Å². The SMILES string of the molecule is CCC[N+](C)(C)CCN=C=S.CN(C)CCN=C=S.O=S(=O)(OCCOc1ccccc1)C(F)(F)F. The molecule has 0 N–H and O–H groups in total. The fraction of sp³-hybridized carbons (Fsp3) is 0.636. The first-order valence-electron chi connectivity index (χ1n) is 10.9. The van der Waals surface area contributed by atoms with Crippen LogP contribution in [-0.4, -0.2) is 108 Å². The predicted octanol–water partition coefficient (Wildman–Crippen LogP) is 4.16. The van der Waals surface area contributed by atoms with Gasteiger partial charge in [-0.1, -0.05) is 25.1 Å². The Kier molecular flexibility index (Phi) is 20.5. The van der Waals surface area contributed by atoms with E-state index < -0.39 is 22.2 Å². The first kappa shape index (κ1) is 36.4. The molecule has 0 radical (unpaired) electrons. The number of aliphatic imine (C=N–C) groups is 2. The summed E-state index contributed by atoms with van der Waals surface area (Å²) in [4.78, 5) is 9.68. The summed E-state index contributed by atoms with van der Waals surface area (Å²) in [5, 5.41) is 4.69. The molecule has 36 heavy (non-hydrogen) atoms. The first-order chi connectivity index (χ1) is 16.7. The van der Waals surface area contributed by atoms with Crippen molar-refractivity contribution in [3.63, 3.8) is 0 Å². The van der Waals surface area contributed by atoms with Crippen molar-refractivity contribution in [2.24, 2.45) is 9.98 Å². The summed E-state index contributed by atoms with van der Waals surface area (Å²) in [6.07, 6.45) is 1.22. The summed E-state index contributed by atoms with van der Waals surface area (Å²) in [5.74, 6) is 0.417. The van der Waals surface area contributed by atoms with Gasteiger partial charge in [-0.25, -0.2) is 9.98 Å². The molecule has 0 amide bonds. The minimum absolute atomic E-state index is 0.292. The van der Waals surface area contributed by atoms with Crippen molar-refractivity contribution in [3.05, 3.63) is 30.3 Å². The zero-order valence-corrected chi connectivity index (χ0v) is 23.8. The summed E-state index contributed by atoms with van der Waals surface area (Å²) in [6, 6.07) is 8.24. The molecule has 1 aromatic rings. The quantitative estimate of drug-likeness (QED) is 0.0876. The highest BCUT2D eigenvalue weighted by atomic mass is 32.2. The van der Waals surface area contributed by atoms with Crippen LogP contribution in [0.25, 0.3) is 0 Å². The summed E-state index contributed by atoms with van der Waals surface area (Å²) in [7, 11) is 2.89. The van der Waals surface area contributed by atoms with Gasteiger partial charge in [0.2, 0.25) is 0 Å². The lowest BCUT2D eigenvalue weighted by Crippen LogP contribution is -2.42. The number of ether oxygens (including phenoxy) is 1. The van der Waals surface area contributed by atoms with Crippen molar-refractivity contribution in [2.75, 3.05) is 74.1 Å². The number of thiocarbonyl (C=S) groups is 2. The summed E-state index contributed by atoms with van der Waals surface area (Å²) in [6.45, 7) is 5.97. The van der Waals surface area contributed by atoms with Gasteiger partial charge in [-0.2, -0.15) is 21.6 Å². The molecule has 1 rings (SSSR count). The average Bonchev–Trinajstić information content (AvgIpc) is 2.78. The molecule has 0 saturated carbocycles. The number of nitrogens with zero attached hydrogens (tertiary/aromatic N) is 4. The van der Waals surface area contributed by atoms with E-state index in [4.69, 9.17) is 4.74 Å². The van der Waals surface area contributed by atoms with E-state index in [2.05, 4.69) is 74.8 Å². The molecule has 0 aliphatic heterocycles. The molecule has 0 atom stereocenters. The fourth-order valence-corrected chi connectivity index (χ4v) is 2.87. The number of alkyl halides is 3. The van der Waals surface area contributed by atoms with Crippen LogP contribution >= 0.6 is 24.4 Å². The van der Waals surface area contributed by atoms with Crippen molar-refractivity contribution in [2.45, 2.75) is 18.9 Å². The number of benzene rings is 1. The Morgan fingerprint density at radius 3 is 2.03 bits per heavy atom. The predicted molar refractivity (Wildman–Crippen MR) is 143 cm³/mol. The van der Waals surface area contributed by atoms with Gasteiger partial charge < -0.3 is 14.1 Å². The van der Waals surface area contributed by atoms with Crippen LogP contribution < -0.4 is 4.74 Å². The molecule has 0 saturated heterocycles. The topological polar surface area (TPSA) is 80.6 Å². The molecule has 0 fully saturated rings. The minimum atomic E-state index is -5.53. The third-order valence-electron chi connectivity index (χ3n) is 4.05. The molecule has 0 aromatic heterocycles. The normalized spacial score (nSPS) is 11.1. The van der Waals surface area contributed by atoms with Gasteiger partial charge in [0.05, 0.1) is 50.6 Å². The molecular formula is C22H36F3N4O4S3+. The number of hydrogen-bond acceptors (Lipinski definition) is 9. The molecule has 8 nitrogen and oxygen atoms in total. The summed E-state index contributed by atoms with van der Waals surface area (Å²) in [5.41, 5.74) is -5.40. The van der Waals surface area contributed by atoms with Gasteiger partial charge in [0.15, 0.2) is 0 Å². The highest BCUT2D eigenvalue weighted by Gasteiger charge is 2.47. The standard InChI is InChI=1S/C9H9F3O4S.C8H17N2S.C5H10N2S/c10-9(11,12)17(13,14)16-7-6-15-8-4-2-1-3-5-8;1-4-6-10(2,3)7-5-9-8-11;1-7(2)4-3-6-5-8/h1-5H,6-7H2;4-7H2,1-3H3;3-4H2,1-2H3/q;+1;. The minimum Gasteiger partial charge on any atom is -0.491 e. The lowest BCUT2D eigenvalue weighted by molar-refractivity contribution is -0.888. The molecule has 14 heteroatoms. The number of likely N-dealkylation sites (N-methyl/N-ethyl adjacent to an activating group) is 2. The van der Waals surface area contributed by atoms with Crippen LogP contribution in [0.15, 0.2) is 40.3 Å². The lowest BCUT2D eigenvalue weighted by atomic mass is 10.3. The molecule has 0 unspecified atom stereocenters. The van der Waals surface area contributed by atoms with Crippen LogP contribution in [-0.2, 0) is 14.3 Å². The smallest absolute Gasteiger partial charge is 0.491 e. The Morgan fingerprint density at radius 2 is 1.56 bits per heavy atom. The van der Waals surface area contributed by atoms with Crippen LogP contribution in [0.5, 0.6) is 5.75 Å². The van der Waals surface area contributed by atoms with Gasteiger partial charge in [-0.3, -0.25) is 4.18 Å². The summed E-state index contributed by atoms with van der Waals surface area (Å²) >= 11 is 8.85. The Labute approximate surface area is 223 Å². The van der Waals surface area contributed by atoms with E-state index in [9.17, 15) is 21.6 Å². The van der Waals surface area contributed by atoms with Crippen molar-refractivity contribution >= 4 is 44.9 Å². The number of para-hydroxylation sites is 1. The summed E-state index contributed by atoms with van der Waals surface area (Å²) < 4.78 is 66.1. The Balaban J connectivity index is 0. The van der Waals surface area contributed by atoms with Crippen LogP contribution in [0.1, 0.15) is 13.3 Å². The Hall–Kier alpha value is -1.76. The second-order valence-electron chi connectivity index (χ2n) is 8.02. The highest BCUT2D eigenvalue weighted by molar-refractivity contribution is 7.87. The van der Waals surface area contributed by atoms with E-state index in [0.29, 0.717) is 5.75 Å². The van der Waals surface area contributed by atoms with E-state index in [0.717, 1.165) is 30.7 Å². The number of halogens is 3. The maximum Gasteiger partial charge on any atom is 0.523 e. The number of rotatable bonds is 13. The van der Waals surface area contributed by atoms with Gasteiger partial charge in [0, 0.05) is 6.54 Å². The zero-order valence-electron chi connectivity index (χ0n) is 21.3. The maximum atomic E-state index is 11.8. The van der Waals surface area contributed by atoms with Gasteiger partial charge in [0.1, 0.15) is 19.0 Å². The number of quaternary nitrogens is 1. The first-order valence-corrected chi connectivity index (χ1v) is 13.1. The zero-order chi connectivity index (χ0) is 28.1. The Morgan fingerprint density at radius 1 is 1.00 bits per heavy atom. The monoisotopic (exact) mass is 573 g/mol. The molecule has 206 valence electrons. The van der Waals surface area contributed by atoms with Gasteiger partial charge in [-0.15, -0.1) is 0 Å². The van der Waals surface area contributed by atoms with E-state index in [1.54, 1.807) is 30.3 Å². The molecule has 1 aromatic carbocycles. The lowest BCUT2D eigenvalue weighted by Gasteiger charge is -2.28. The number of hydrogen-bond donors (Lipinski definition) is 0. The van der Waals surface area contributed by atoms with E-state index in [1.807, 2.05) is 14.1 Å². The van der Waals surface area contributed by atoms with Crippen LogP contribution in [0, 0.1) is 0 Å². The maximum absolute atomic E-state index is 11.8. The van der Waals surface area contributed by atoms with Crippen LogP contribution in [0.4, 0.5) is 13.2 Å². The van der Waals surface area contributed by atoms with Gasteiger partial charge in [0.25, 0.3) is 0 Å². The van der Waals surface area contributed by atoms with Crippen molar-refractivity contribution in [1.82, 2.24) is 4.90 Å². The van der Waals surface area contributed by atoms with Crippen molar-refractivity contribution in [1.29, 1.82) is 0 Å². The number of isothiocyanates is 2. The van der Waals surface area contributed by atoms with Crippen molar-refractivity contribution < 1.29 is 35.0 Å². The molecular weight excluding hydrogens is 537 g/mol. The van der Waals surface area contributed by atoms with Gasteiger partial charge >= 0.3 is 15.6 Å². The Bertz CT molecular complexity index is 903. The van der Waals surface area contributed by atoms with E-state index in [1.165, 1.54) is 13.0 Å². The molecule has 0 aliphatic rings. The van der Waals surface area contributed by atoms with Crippen LogP contribution in [0.2, 0.25) is 0 Å². The molecule has 0 spiro atoms.